The molecule has 0 aromatic carbocycles. The molecule has 1 aromatic heterocycles. The molecule has 0 saturated carbocycles. The lowest BCUT2D eigenvalue weighted by Gasteiger charge is -2.29. The van der Waals surface area contributed by atoms with E-state index in [1.165, 1.54) is 6.33 Å². The molecular formula is C11H18N4O. The lowest BCUT2D eigenvalue weighted by molar-refractivity contribution is 0.263. The number of nitrogens with one attached hydrogen (secondary N) is 1. The molecule has 5 nitrogen and oxygen atoms in total. The van der Waals surface area contributed by atoms with Crippen molar-refractivity contribution < 1.29 is 4.74 Å². The highest BCUT2D eigenvalue weighted by atomic mass is 16.5. The van der Waals surface area contributed by atoms with Crippen molar-refractivity contribution in [1.82, 2.24) is 14.9 Å². The van der Waals surface area contributed by atoms with E-state index in [2.05, 4.69) is 27.2 Å². The molecule has 1 saturated heterocycles. The van der Waals surface area contributed by atoms with Crippen LogP contribution < -0.4 is 10.1 Å². The van der Waals surface area contributed by atoms with Crippen LogP contribution in [0.3, 0.4) is 0 Å². The minimum Gasteiger partial charge on any atom is -0.481 e. The summed E-state index contributed by atoms with van der Waals surface area (Å²) in [7, 11) is 3.77. The Bertz CT molecular complexity index is 337. The van der Waals surface area contributed by atoms with Crippen molar-refractivity contribution in [3.63, 3.8) is 0 Å². The zero-order valence-electron chi connectivity index (χ0n) is 9.81. The minimum atomic E-state index is 0.510. The number of hydrogen-bond acceptors (Lipinski definition) is 5. The zero-order valence-corrected chi connectivity index (χ0v) is 9.81. The number of hydrogen-bond donors (Lipinski definition) is 1. The quantitative estimate of drug-likeness (QED) is 0.826. The van der Waals surface area contributed by atoms with E-state index < -0.39 is 0 Å². The number of likely N-dealkylation sites (tertiary alicyclic amines) is 1. The van der Waals surface area contributed by atoms with Gasteiger partial charge in [-0.25, -0.2) is 9.97 Å². The average Bonchev–Trinajstić information content (AvgIpc) is 2.32. The van der Waals surface area contributed by atoms with Crippen LogP contribution in [-0.2, 0) is 0 Å². The Kier molecular flexibility index (Phi) is 3.56. The van der Waals surface area contributed by atoms with Gasteiger partial charge < -0.3 is 15.0 Å². The van der Waals surface area contributed by atoms with Gasteiger partial charge in [-0.05, 0) is 33.0 Å². The topological polar surface area (TPSA) is 50.3 Å². The summed E-state index contributed by atoms with van der Waals surface area (Å²) in [5, 5.41) is 3.42. The van der Waals surface area contributed by atoms with Gasteiger partial charge in [-0.1, -0.05) is 0 Å². The number of rotatable bonds is 3. The maximum absolute atomic E-state index is 5.06. The smallest absolute Gasteiger partial charge is 0.218 e. The van der Waals surface area contributed by atoms with E-state index in [9.17, 15) is 0 Å². The average molecular weight is 222 g/mol. The second-order valence-electron chi connectivity index (χ2n) is 4.17. The predicted molar refractivity (Wildman–Crippen MR) is 62.7 cm³/mol. The van der Waals surface area contributed by atoms with Crippen LogP contribution in [0.1, 0.15) is 12.8 Å². The van der Waals surface area contributed by atoms with E-state index in [0.717, 1.165) is 31.7 Å². The number of nitrogens with zero attached hydrogens (tertiary/aromatic N) is 3. The maximum atomic E-state index is 5.06. The molecule has 1 aliphatic rings. The first-order chi connectivity index (χ1) is 7.78. The normalized spacial score (nSPS) is 18.4. The van der Waals surface area contributed by atoms with Crippen LogP contribution in [-0.4, -0.2) is 48.2 Å². The van der Waals surface area contributed by atoms with Gasteiger partial charge in [-0.2, -0.15) is 0 Å². The van der Waals surface area contributed by atoms with Crippen molar-refractivity contribution in [2.75, 3.05) is 32.6 Å². The fraction of sp³-hybridized carbons (Fsp3) is 0.636. The van der Waals surface area contributed by atoms with Gasteiger partial charge in [0.25, 0.3) is 0 Å². The van der Waals surface area contributed by atoms with Crippen molar-refractivity contribution in [2.24, 2.45) is 0 Å². The number of ether oxygens (including phenoxy) is 1. The number of anilines is 1. The Morgan fingerprint density at radius 3 is 2.81 bits per heavy atom. The monoisotopic (exact) mass is 222 g/mol. The van der Waals surface area contributed by atoms with E-state index in [1.54, 1.807) is 7.11 Å². The van der Waals surface area contributed by atoms with Gasteiger partial charge >= 0.3 is 0 Å². The molecule has 0 amide bonds. The molecule has 1 aromatic rings. The Balaban J connectivity index is 1.93. The molecule has 5 heteroatoms. The van der Waals surface area contributed by atoms with Gasteiger partial charge in [0, 0.05) is 12.1 Å². The predicted octanol–water partition coefficient (Wildman–Crippen LogP) is 0.991. The van der Waals surface area contributed by atoms with Gasteiger partial charge in [0.2, 0.25) is 5.88 Å². The van der Waals surface area contributed by atoms with E-state index >= 15 is 0 Å². The second kappa shape index (κ2) is 5.12. The number of piperidine rings is 1. The third-order valence-corrected chi connectivity index (χ3v) is 2.92. The van der Waals surface area contributed by atoms with Gasteiger partial charge in [-0.15, -0.1) is 0 Å². The second-order valence-corrected chi connectivity index (χ2v) is 4.17. The Labute approximate surface area is 95.8 Å². The van der Waals surface area contributed by atoms with Gasteiger partial charge in [0.05, 0.1) is 7.11 Å². The largest absolute Gasteiger partial charge is 0.481 e. The maximum Gasteiger partial charge on any atom is 0.218 e. The molecule has 0 aliphatic carbocycles. The van der Waals surface area contributed by atoms with E-state index in [1.807, 2.05) is 6.07 Å². The number of aromatic nitrogens is 2. The lowest BCUT2D eigenvalue weighted by atomic mass is 10.1. The van der Waals surface area contributed by atoms with Crippen molar-refractivity contribution in [3.05, 3.63) is 12.4 Å². The first-order valence-electron chi connectivity index (χ1n) is 5.59. The molecule has 0 radical (unpaired) electrons. The summed E-state index contributed by atoms with van der Waals surface area (Å²) >= 11 is 0. The van der Waals surface area contributed by atoms with Gasteiger partial charge in [0.1, 0.15) is 12.1 Å². The van der Waals surface area contributed by atoms with Gasteiger partial charge in [-0.3, -0.25) is 0 Å². The summed E-state index contributed by atoms with van der Waals surface area (Å²) in [4.78, 5) is 10.5. The van der Waals surface area contributed by atoms with Crippen LogP contribution in [0.2, 0.25) is 0 Å². The van der Waals surface area contributed by atoms with Crippen molar-refractivity contribution in [3.8, 4) is 5.88 Å². The van der Waals surface area contributed by atoms with Gasteiger partial charge in [0.15, 0.2) is 0 Å². The Morgan fingerprint density at radius 2 is 2.12 bits per heavy atom. The highest BCUT2D eigenvalue weighted by molar-refractivity contribution is 5.38. The SMILES string of the molecule is COc1cc(NC2CCN(C)CC2)ncn1. The standard InChI is InChI=1S/C11H18N4O/c1-15-5-3-9(4-6-15)14-10-7-11(16-2)13-8-12-10/h7-9H,3-6H2,1-2H3,(H,12,13,14). The summed E-state index contributed by atoms with van der Waals surface area (Å²) in [6, 6.07) is 2.34. The van der Waals surface area contributed by atoms with Crippen molar-refractivity contribution in [1.29, 1.82) is 0 Å². The van der Waals surface area contributed by atoms with E-state index in [4.69, 9.17) is 4.74 Å². The fourth-order valence-corrected chi connectivity index (χ4v) is 1.89. The molecule has 0 atom stereocenters. The summed E-state index contributed by atoms with van der Waals surface area (Å²) in [6.45, 7) is 2.28. The van der Waals surface area contributed by atoms with Crippen LogP contribution >= 0.6 is 0 Å². The van der Waals surface area contributed by atoms with Crippen molar-refractivity contribution >= 4 is 5.82 Å². The van der Waals surface area contributed by atoms with Crippen LogP contribution in [0.5, 0.6) is 5.88 Å². The molecular weight excluding hydrogens is 204 g/mol. The summed E-state index contributed by atoms with van der Waals surface area (Å²) < 4.78 is 5.06. The summed E-state index contributed by atoms with van der Waals surface area (Å²) in [5.74, 6) is 1.45. The highest BCUT2D eigenvalue weighted by Crippen LogP contribution is 2.16. The molecule has 0 unspecified atom stereocenters. The molecule has 2 rings (SSSR count). The van der Waals surface area contributed by atoms with E-state index in [0.29, 0.717) is 11.9 Å². The molecule has 16 heavy (non-hydrogen) atoms. The molecule has 1 N–H and O–H groups in total. The van der Waals surface area contributed by atoms with Crippen LogP contribution in [0.4, 0.5) is 5.82 Å². The highest BCUT2D eigenvalue weighted by Gasteiger charge is 2.16. The molecule has 0 bridgehead atoms. The van der Waals surface area contributed by atoms with Crippen molar-refractivity contribution in [2.45, 2.75) is 18.9 Å². The Hall–Kier alpha value is -1.36. The van der Waals surface area contributed by atoms with Crippen LogP contribution in [0.15, 0.2) is 12.4 Å². The summed E-state index contributed by atoms with van der Waals surface area (Å²) in [6.07, 6.45) is 3.84. The van der Waals surface area contributed by atoms with Crippen LogP contribution in [0, 0.1) is 0 Å². The van der Waals surface area contributed by atoms with Crippen LogP contribution in [0.25, 0.3) is 0 Å². The third kappa shape index (κ3) is 2.82. The first-order valence-corrected chi connectivity index (χ1v) is 5.59. The number of methoxy groups -OCH3 is 1. The zero-order chi connectivity index (χ0) is 11.4. The third-order valence-electron chi connectivity index (χ3n) is 2.92. The molecule has 1 fully saturated rings. The first kappa shape index (κ1) is 11.1. The molecule has 88 valence electrons. The molecule has 0 spiro atoms. The minimum absolute atomic E-state index is 0.510. The molecule has 2 heterocycles. The summed E-state index contributed by atoms with van der Waals surface area (Å²) in [5.41, 5.74) is 0. The lowest BCUT2D eigenvalue weighted by Crippen LogP contribution is -2.36. The Morgan fingerprint density at radius 1 is 1.38 bits per heavy atom. The van der Waals surface area contributed by atoms with E-state index in [-0.39, 0.29) is 0 Å². The fourth-order valence-electron chi connectivity index (χ4n) is 1.89. The molecule has 1 aliphatic heterocycles.